The first-order chi connectivity index (χ1) is 9.60. The summed E-state index contributed by atoms with van der Waals surface area (Å²) in [6.45, 7) is 0.838. The molecule has 1 atom stereocenters. The Kier molecular flexibility index (Phi) is 4.45. The lowest BCUT2D eigenvalue weighted by atomic mass is 9.99. The van der Waals surface area contributed by atoms with Crippen LogP contribution in [-0.2, 0) is 4.79 Å². The van der Waals surface area contributed by atoms with Crippen LogP contribution in [0, 0.1) is 5.92 Å². The molecule has 1 aromatic carbocycles. The summed E-state index contributed by atoms with van der Waals surface area (Å²) in [5, 5.41) is 11.8. The summed E-state index contributed by atoms with van der Waals surface area (Å²) in [6.07, 6.45) is 1.33. The number of anilines is 1. The number of urea groups is 1. The van der Waals surface area contributed by atoms with E-state index in [1.54, 1.807) is 36.3 Å². The topological polar surface area (TPSA) is 78.9 Å². The van der Waals surface area contributed by atoms with Gasteiger partial charge in [0.1, 0.15) is 5.75 Å². The van der Waals surface area contributed by atoms with Crippen LogP contribution in [0.4, 0.5) is 10.5 Å². The number of carbonyl (C=O) groups is 2. The van der Waals surface area contributed by atoms with Crippen molar-refractivity contribution in [1.82, 2.24) is 4.90 Å². The van der Waals surface area contributed by atoms with Gasteiger partial charge in [0.05, 0.1) is 13.0 Å². The van der Waals surface area contributed by atoms with Gasteiger partial charge >= 0.3 is 12.0 Å². The zero-order valence-corrected chi connectivity index (χ0v) is 11.3. The highest BCUT2D eigenvalue weighted by atomic mass is 16.5. The van der Waals surface area contributed by atoms with E-state index in [-0.39, 0.29) is 12.6 Å². The second-order valence-electron chi connectivity index (χ2n) is 4.79. The number of nitrogens with zero attached hydrogens (tertiary/aromatic N) is 1. The minimum absolute atomic E-state index is 0.255. The van der Waals surface area contributed by atoms with E-state index >= 15 is 0 Å². The van der Waals surface area contributed by atoms with Gasteiger partial charge in [0.2, 0.25) is 0 Å². The fourth-order valence-electron chi connectivity index (χ4n) is 2.27. The molecule has 0 bridgehead atoms. The quantitative estimate of drug-likeness (QED) is 0.886. The molecule has 1 aromatic rings. The molecule has 0 spiro atoms. The molecule has 0 aliphatic carbocycles. The molecule has 2 rings (SSSR count). The van der Waals surface area contributed by atoms with E-state index in [0.717, 1.165) is 0 Å². The molecule has 0 radical (unpaired) electrons. The third-order valence-electron chi connectivity index (χ3n) is 3.38. The normalized spacial score (nSPS) is 18.4. The summed E-state index contributed by atoms with van der Waals surface area (Å²) in [4.78, 5) is 24.6. The van der Waals surface area contributed by atoms with E-state index in [4.69, 9.17) is 9.84 Å². The van der Waals surface area contributed by atoms with Crippen LogP contribution < -0.4 is 10.1 Å². The van der Waals surface area contributed by atoms with Gasteiger partial charge in [-0.05, 0) is 25.0 Å². The maximum atomic E-state index is 12.1. The van der Waals surface area contributed by atoms with E-state index in [1.165, 1.54) is 0 Å². The van der Waals surface area contributed by atoms with Gasteiger partial charge in [-0.3, -0.25) is 4.79 Å². The molecular formula is C14H18N2O4. The molecule has 0 unspecified atom stereocenters. The van der Waals surface area contributed by atoms with Gasteiger partial charge in [0, 0.05) is 24.8 Å². The Hall–Kier alpha value is -2.24. The predicted molar refractivity (Wildman–Crippen MR) is 73.9 cm³/mol. The monoisotopic (exact) mass is 278 g/mol. The van der Waals surface area contributed by atoms with Crippen LogP contribution >= 0.6 is 0 Å². The van der Waals surface area contributed by atoms with Crippen molar-refractivity contribution in [3.8, 4) is 5.75 Å². The average Bonchev–Trinajstić information content (AvgIpc) is 2.47. The lowest BCUT2D eigenvalue weighted by Gasteiger charge is -2.30. The third kappa shape index (κ3) is 3.40. The summed E-state index contributed by atoms with van der Waals surface area (Å²) in [5.41, 5.74) is 0.631. The number of ether oxygens (including phenoxy) is 1. The molecule has 20 heavy (non-hydrogen) atoms. The van der Waals surface area contributed by atoms with Crippen molar-refractivity contribution in [1.29, 1.82) is 0 Å². The van der Waals surface area contributed by atoms with Crippen LogP contribution in [0.25, 0.3) is 0 Å². The molecule has 1 fully saturated rings. The van der Waals surface area contributed by atoms with Gasteiger partial charge in [-0.1, -0.05) is 6.07 Å². The predicted octanol–water partition coefficient (Wildman–Crippen LogP) is 2.02. The number of carboxylic acids is 1. The van der Waals surface area contributed by atoms with Crippen LogP contribution in [0.3, 0.4) is 0 Å². The third-order valence-corrected chi connectivity index (χ3v) is 3.38. The number of benzene rings is 1. The Morgan fingerprint density at radius 3 is 2.95 bits per heavy atom. The number of carbonyl (C=O) groups excluding carboxylic acids is 1. The zero-order chi connectivity index (χ0) is 14.5. The van der Waals surface area contributed by atoms with Crippen molar-refractivity contribution >= 4 is 17.7 Å². The molecule has 0 aromatic heterocycles. The first-order valence-electron chi connectivity index (χ1n) is 6.53. The summed E-state index contributed by atoms with van der Waals surface area (Å²) >= 11 is 0. The first-order valence-corrected chi connectivity index (χ1v) is 6.53. The fraction of sp³-hybridized carbons (Fsp3) is 0.429. The van der Waals surface area contributed by atoms with Crippen molar-refractivity contribution in [2.45, 2.75) is 12.8 Å². The second kappa shape index (κ2) is 6.27. The van der Waals surface area contributed by atoms with Gasteiger partial charge in [-0.25, -0.2) is 4.79 Å². The highest BCUT2D eigenvalue weighted by molar-refractivity contribution is 5.90. The van der Waals surface area contributed by atoms with Gasteiger partial charge in [-0.15, -0.1) is 0 Å². The number of nitrogens with one attached hydrogen (secondary N) is 1. The molecule has 6 heteroatoms. The Morgan fingerprint density at radius 2 is 2.25 bits per heavy atom. The van der Waals surface area contributed by atoms with Crippen molar-refractivity contribution < 1.29 is 19.4 Å². The molecule has 1 saturated heterocycles. The van der Waals surface area contributed by atoms with E-state index in [1.807, 2.05) is 0 Å². The molecule has 1 aliphatic rings. The number of amides is 2. The van der Waals surface area contributed by atoms with Crippen molar-refractivity contribution in [3.63, 3.8) is 0 Å². The summed E-state index contributed by atoms with van der Waals surface area (Å²) in [6, 6.07) is 6.78. The molecule has 6 nitrogen and oxygen atoms in total. The SMILES string of the molecule is COc1cccc(NC(=O)N2CCC[C@@H](C(=O)O)C2)c1. The molecule has 108 valence electrons. The largest absolute Gasteiger partial charge is 0.497 e. The highest BCUT2D eigenvalue weighted by Gasteiger charge is 2.28. The van der Waals surface area contributed by atoms with E-state index in [0.29, 0.717) is 30.8 Å². The first kappa shape index (κ1) is 14.2. The van der Waals surface area contributed by atoms with E-state index in [2.05, 4.69) is 5.32 Å². The van der Waals surface area contributed by atoms with E-state index in [9.17, 15) is 9.59 Å². The number of hydrogen-bond donors (Lipinski definition) is 2. The molecule has 1 heterocycles. The maximum Gasteiger partial charge on any atom is 0.321 e. The van der Waals surface area contributed by atoms with Crippen molar-refractivity contribution in [2.75, 3.05) is 25.5 Å². The van der Waals surface area contributed by atoms with Gasteiger partial charge < -0.3 is 20.1 Å². The lowest BCUT2D eigenvalue weighted by Crippen LogP contribution is -2.44. The maximum absolute atomic E-state index is 12.1. The molecule has 1 aliphatic heterocycles. The minimum Gasteiger partial charge on any atom is -0.497 e. The Balaban J connectivity index is 1.98. The van der Waals surface area contributed by atoms with Gasteiger partial charge in [-0.2, -0.15) is 0 Å². The van der Waals surface area contributed by atoms with Gasteiger partial charge in [0.15, 0.2) is 0 Å². The summed E-state index contributed by atoms with van der Waals surface area (Å²) in [5.74, 6) is -0.659. The summed E-state index contributed by atoms with van der Waals surface area (Å²) in [7, 11) is 1.56. The zero-order valence-electron chi connectivity index (χ0n) is 11.3. The number of likely N-dealkylation sites (tertiary alicyclic amines) is 1. The average molecular weight is 278 g/mol. The van der Waals surface area contributed by atoms with Crippen LogP contribution in [0.2, 0.25) is 0 Å². The molecular weight excluding hydrogens is 260 g/mol. The van der Waals surface area contributed by atoms with Crippen LogP contribution in [0.5, 0.6) is 5.75 Å². The number of carboxylic acid groups (broad SMARTS) is 1. The second-order valence-corrected chi connectivity index (χ2v) is 4.79. The Morgan fingerprint density at radius 1 is 1.45 bits per heavy atom. The number of aliphatic carboxylic acids is 1. The van der Waals surface area contributed by atoms with Crippen molar-refractivity contribution in [3.05, 3.63) is 24.3 Å². The highest BCUT2D eigenvalue weighted by Crippen LogP contribution is 2.20. The summed E-state index contributed by atoms with van der Waals surface area (Å²) < 4.78 is 5.09. The van der Waals surface area contributed by atoms with Crippen molar-refractivity contribution in [2.24, 2.45) is 5.92 Å². The molecule has 0 saturated carbocycles. The number of rotatable bonds is 3. The van der Waals surface area contributed by atoms with Crippen LogP contribution in [0.15, 0.2) is 24.3 Å². The van der Waals surface area contributed by atoms with Gasteiger partial charge in [0.25, 0.3) is 0 Å². The number of piperidine rings is 1. The number of methoxy groups -OCH3 is 1. The lowest BCUT2D eigenvalue weighted by molar-refractivity contribution is -0.143. The minimum atomic E-state index is -0.844. The van der Waals surface area contributed by atoms with Crippen LogP contribution in [-0.4, -0.2) is 42.2 Å². The smallest absolute Gasteiger partial charge is 0.321 e. The standard InChI is InChI=1S/C14H18N2O4/c1-20-12-6-2-5-11(8-12)15-14(19)16-7-3-4-10(9-16)13(17)18/h2,5-6,8,10H,3-4,7,9H2,1H3,(H,15,19)(H,17,18)/t10-/m1/s1. The number of hydrogen-bond acceptors (Lipinski definition) is 3. The molecule has 2 N–H and O–H groups in total. The fourth-order valence-corrected chi connectivity index (χ4v) is 2.27. The molecule has 2 amide bonds. The van der Waals surface area contributed by atoms with Crippen LogP contribution in [0.1, 0.15) is 12.8 Å². The van der Waals surface area contributed by atoms with E-state index < -0.39 is 11.9 Å². The Bertz CT molecular complexity index is 504. The Labute approximate surface area is 117 Å².